The lowest BCUT2D eigenvalue weighted by Gasteiger charge is -2.13. The third kappa shape index (κ3) is 3.25. The van der Waals surface area contributed by atoms with Crippen molar-refractivity contribution in [2.24, 2.45) is 0 Å². The number of nitrogen functional groups attached to an aromatic ring is 1. The van der Waals surface area contributed by atoms with Crippen molar-refractivity contribution in [3.8, 4) is 11.5 Å². The van der Waals surface area contributed by atoms with Crippen molar-refractivity contribution < 1.29 is 14.3 Å². The zero-order chi connectivity index (χ0) is 15.4. The maximum atomic E-state index is 11.5. The lowest BCUT2D eigenvalue weighted by atomic mass is 10.1. The molecule has 0 amide bonds. The van der Waals surface area contributed by atoms with Crippen LogP contribution in [0.15, 0.2) is 36.4 Å². The molecular weight excluding hydrogens is 268 g/mol. The molecule has 0 fully saturated rings. The summed E-state index contributed by atoms with van der Waals surface area (Å²) < 4.78 is 10.5. The number of benzene rings is 2. The molecule has 0 aliphatic carbocycles. The normalized spacial score (nSPS) is 10.0. The molecule has 0 aliphatic rings. The highest BCUT2D eigenvalue weighted by molar-refractivity contribution is 6.00. The Balaban J connectivity index is 2.34. The van der Waals surface area contributed by atoms with Crippen molar-refractivity contribution in [2.45, 2.75) is 6.92 Å². The minimum Gasteiger partial charge on any atom is -0.497 e. The van der Waals surface area contributed by atoms with Gasteiger partial charge in [-0.3, -0.25) is 4.79 Å². The molecule has 2 aromatic carbocycles. The van der Waals surface area contributed by atoms with Crippen LogP contribution in [0.2, 0.25) is 0 Å². The second-order valence-corrected chi connectivity index (χ2v) is 4.55. The molecule has 0 saturated carbocycles. The summed E-state index contributed by atoms with van der Waals surface area (Å²) in [4.78, 5) is 11.5. The van der Waals surface area contributed by atoms with Gasteiger partial charge in [0.05, 0.1) is 19.9 Å². The van der Waals surface area contributed by atoms with E-state index >= 15 is 0 Å². The van der Waals surface area contributed by atoms with Crippen LogP contribution in [0.3, 0.4) is 0 Å². The van der Waals surface area contributed by atoms with E-state index in [4.69, 9.17) is 15.2 Å². The smallest absolute Gasteiger partial charge is 0.161 e. The van der Waals surface area contributed by atoms with E-state index < -0.39 is 0 Å². The summed E-state index contributed by atoms with van der Waals surface area (Å²) in [6.45, 7) is 1.49. The molecular formula is C16H18N2O3. The van der Waals surface area contributed by atoms with Crippen molar-refractivity contribution in [3.63, 3.8) is 0 Å². The van der Waals surface area contributed by atoms with Crippen LogP contribution in [0.4, 0.5) is 17.1 Å². The van der Waals surface area contributed by atoms with Gasteiger partial charge in [0.2, 0.25) is 0 Å². The van der Waals surface area contributed by atoms with Crippen LogP contribution in [0.5, 0.6) is 11.5 Å². The largest absolute Gasteiger partial charge is 0.497 e. The van der Waals surface area contributed by atoms with E-state index in [0.717, 1.165) is 11.4 Å². The third-order valence-corrected chi connectivity index (χ3v) is 3.12. The van der Waals surface area contributed by atoms with Crippen LogP contribution in [-0.2, 0) is 0 Å². The van der Waals surface area contributed by atoms with E-state index in [2.05, 4.69) is 5.32 Å². The quantitative estimate of drug-likeness (QED) is 0.652. The van der Waals surface area contributed by atoms with Crippen LogP contribution in [0, 0.1) is 0 Å². The van der Waals surface area contributed by atoms with Crippen LogP contribution < -0.4 is 20.5 Å². The van der Waals surface area contributed by atoms with E-state index in [1.807, 2.05) is 18.2 Å². The van der Waals surface area contributed by atoms with Gasteiger partial charge in [0.1, 0.15) is 11.5 Å². The Hall–Kier alpha value is -2.69. The monoisotopic (exact) mass is 286 g/mol. The lowest BCUT2D eigenvalue weighted by molar-refractivity contribution is 0.101. The number of rotatable bonds is 5. The highest BCUT2D eigenvalue weighted by Gasteiger charge is 2.09. The SMILES string of the molecule is COc1ccc(Nc2ccc(N)c(C(C)=O)c2)c(OC)c1. The first kappa shape index (κ1) is 14.7. The van der Waals surface area contributed by atoms with E-state index in [9.17, 15) is 4.79 Å². The van der Waals surface area contributed by atoms with Crippen molar-refractivity contribution >= 4 is 22.8 Å². The van der Waals surface area contributed by atoms with Gasteiger partial charge in [0, 0.05) is 23.0 Å². The van der Waals surface area contributed by atoms with Crippen molar-refractivity contribution in [3.05, 3.63) is 42.0 Å². The first-order valence-corrected chi connectivity index (χ1v) is 6.44. The summed E-state index contributed by atoms with van der Waals surface area (Å²) in [6, 6.07) is 10.7. The van der Waals surface area contributed by atoms with Gasteiger partial charge in [0.25, 0.3) is 0 Å². The predicted octanol–water partition coefficient (Wildman–Crippen LogP) is 3.23. The Kier molecular flexibility index (Phi) is 4.33. The van der Waals surface area contributed by atoms with E-state index in [1.165, 1.54) is 6.92 Å². The highest BCUT2D eigenvalue weighted by Crippen LogP contribution is 2.32. The minimum absolute atomic E-state index is 0.0714. The Morgan fingerprint density at radius 1 is 1.10 bits per heavy atom. The van der Waals surface area contributed by atoms with Gasteiger partial charge in [-0.2, -0.15) is 0 Å². The zero-order valence-corrected chi connectivity index (χ0v) is 12.3. The fourth-order valence-electron chi connectivity index (χ4n) is 2.00. The maximum absolute atomic E-state index is 11.5. The van der Waals surface area contributed by atoms with Crippen LogP contribution in [0.25, 0.3) is 0 Å². The number of ketones is 1. The number of anilines is 3. The molecule has 2 aromatic rings. The molecule has 0 bridgehead atoms. The first-order chi connectivity index (χ1) is 10.0. The maximum Gasteiger partial charge on any atom is 0.161 e. The predicted molar refractivity (Wildman–Crippen MR) is 83.7 cm³/mol. The molecule has 0 saturated heterocycles. The van der Waals surface area contributed by atoms with Gasteiger partial charge in [-0.25, -0.2) is 0 Å². The fourth-order valence-corrected chi connectivity index (χ4v) is 2.00. The molecule has 0 heterocycles. The second kappa shape index (κ2) is 6.17. The number of hydrogen-bond donors (Lipinski definition) is 2. The number of Topliss-reactive ketones (excluding diaryl/α,β-unsaturated/α-hetero) is 1. The molecule has 110 valence electrons. The molecule has 0 atom stereocenters. The molecule has 0 radical (unpaired) electrons. The summed E-state index contributed by atoms with van der Waals surface area (Å²) in [6.07, 6.45) is 0. The number of nitrogens with one attached hydrogen (secondary N) is 1. The van der Waals surface area contributed by atoms with Gasteiger partial charge in [-0.1, -0.05) is 0 Å². The van der Waals surface area contributed by atoms with Gasteiger partial charge in [-0.15, -0.1) is 0 Å². The van der Waals surface area contributed by atoms with Crippen LogP contribution in [-0.4, -0.2) is 20.0 Å². The summed E-state index contributed by atoms with van der Waals surface area (Å²) in [5, 5.41) is 3.21. The standard InChI is InChI=1S/C16H18N2O3/c1-10(19)13-8-11(4-6-14(13)17)18-15-7-5-12(20-2)9-16(15)21-3/h4-9,18H,17H2,1-3H3. The van der Waals surface area contributed by atoms with Gasteiger partial charge < -0.3 is 20.5 Å². The molecule has 2 rings (SSSR count). The molecule has 0 spiro atoms. The summed E-state index contributed by atoms with van der Waals surface area (Å²) in [7, 11) is 3.19. The Morgan fingerprint density at radius 2 is 1.86 bits per heavy atom. The Bertz CT molecular complexity index is 669. The summed E-state index contributed by atoms with van der Waals surface area (Å²) in [5.41, 5.74) is 8.29. The first-order valence-electron chi connectivity index (χ1n) is 6.44. The molecule has 0 unspecified atom stereocenters. The Morgan fingerprint density at radius 3 is 2.48 bits per heavy atom. The summed E-state index contributed by atoms with van der Waals surface area (Å²) in [5.74, 6) is 1.28. The van der Waals surface area contributed by atoms with Gasteiger partial charge >= 0.3 is 0 Å². The minimum atomic E-state index is -0.0714. The molecule has 21 heavy (non-hydrogen) atoms. The van der Waals surface area contributed by atoms with Crippen molar-refractivity contribution in [2.75, 3.05) is 25.3 Å². The van der Waals surface area contributed by atoms with Gasteiger partial charge in [-0.05, 0) is 37.3 Å². The number of nitrogens with two attached hydrogens (primary N) is 1. The number of methoxy groups -OCH3 is 2. The van der Waals surface area contributed by atoms with Crippen molar-refractivity contribution in [1.82, 2.24) is 0 Å². The number of hydrogen-bond acceptors (Lipinski definition) is 5. The molecule has 5 heteroatoms. The van der Waals surface area contributed by atoms with Crippen LogP contribution >= 0.6 is 0 Å². The lowest BCUT2D eigenvalue weighted by Crippen LogP contribution is -2.01. The average molecular weight is 286 g/mol. The molecule has 0 aliphatic heterocycles. The van der Waals surface area contributed by atoms with E-state index in [1.54, 1.807) is 32.4 Å². The topological polar surface area (TPSA) is 73.6 Å². The number of carbonyl (C=O) groups excluding carboxylic acids is 1. The fraction of sp³-hybridized carbons (Fsp3) is 0.188. The van der Waals surface area contributed by atoms with E-state index in [0.29, 0.717) is 22.7 Å². The average Bonchev–Trinajstić information content (AvgIpc) is 2.49. The van der Waals surface area contributed by atoms with E-state index in [-0.39, 0.29) is 5.78 Å². The van der Waals surface area contributed by atoms with Crippen molar-refractivity contribution in [1.29, 1.82) is 0 Å². The zero-order valence-electron chi connectivity index (χ0n) is 12.3. The number of carbonyl (C=O) groups is 1. The van der Waals surface area contributed by atoms with Crippen LogP contribution in [0.1, 0.15) is 17.3 Å². The summed E-state index contributed by atoms with van der Waals surface area (Å²) >= 11 is 0. The third-order valence-electron chi connectivity index (χ3n) is 3.12. The van der Waals surface area contributed by atoms with Gasteiger partial charge in [0.15, 0.2) is 5.78 Å². The second-order valence-electron chi connectivity index (χ2n) is 4.55. The molecule has 5 nitrogen and oxygen atoms in total. The Labute approximate surface area is 123 Å². The highest BCUT2D eigenvalue weighted by atomic mass is 16.5. The number of ether oxygens (including phenoxy) is 2. The molecule has 0 aromatic heterocycles. The molecule has 3 N–H and O–H groups in total.